The Morgan fingerprint density at radius 1 is 1.26 bits per heavy atom. The van der Waals surface area contributed by atoms with E-state index in [0.717, 1.165) is 12.1 Å². The number of nitrogens with zero attached hydrogens (tertiary/aromatic N) is 2. The molecule has 12 heteroatoms. The van der Waals surface area contributed by atoms with Crippen LogP contribution in [0.1, 0.15) is 29.9 Å². The van der Waals surface area contributed by atoms with E-state index in [1.807, 2.05) is 0 Å². The van der Waals surface area contributed by atoms with Crippen molar-refractivity contribution in [3.63, 3.8) is 0 Å². The Labute approximate surface area is 184 Å². The maximum Gasteiger partial charge on any atom is 0.434 e. The number of carbonyl (C=O) groups excluding carboxylic acids is 2. The van der Waals surface area contributed by atoms with Crippen molar-refractivity contribution in [3.05, 3.63) is 63.1 Å². The second-order valence-corrected chi connectivity index (χ2v) is 7.60. The summed E-state index contributed by atoms with van der Waals surface area (Å²) in [6, 6.07) is 2.96. The Morgan fingerprint density at radius 3 is 2.61 bits per heavy atom. The fraction of sp³-hybridized carbons (Fsp3) is 0.316. The van der Waals surface area contributed by atoms with Gasteiger partial charge in [-0.25, -0.2) is 14.2 Å². The highest BCUT2D eigenvalue weighted by atomic mass is 35.5. The van der Waals surface area contributed by atoms with Gasteiger partial charge in [0.2, 0.25) is 5.91 Å². The van der Waals surface area contributed by atoms with Gasteiger partial charge in [0.15, 0.2) is 5.69 Å². The van der Waals surface area contributed by atoms with Crippen LogP contribution in [0.2, 0.25) is 10.0 Å². The van der Waals surface area contributed by atoms with Crippen LogP contribution in [0.5, 0.6) is 0 Å². The molecule has 1 aliphatic rings. The molecular formula is C19H16Cl2F4N4O2. The number of urea groups is 1. The van der Waals surface area contributed by atoms with E-state index in [1.165, 1.54) is 30.0 Å². The molecule has 166 valence electrons. The highest BCUT2D eigenvalue weighted by Gasteiger charge is 2.37. The maximum atomic E-state index is 13.6. The lowest BCUT2D eigenvalue weighted by molar-refractivity contribution is -0.141. The molecule has 0 radical (unpaired) electrons. The van der Waals surface area contributed by atoms with Gasteiger partial charge in [0, 0.05) is 13.1 Å². The summed E-state index contributed by atoms with van der Waals surface area (Å²) >= 11 is 11.5. The molecule has 31 heavy (non-hydrogen) atoms. The van der Waals surface area contributed by atoms with Crippen LogP contribution in [0.15, 0.2) is 30.3 Å². The number of halogens is 6. The average molecular weight is 479 g/mol. The van der Waals surface area contributed by atoms with Crippen LogP contribution < -0.4 is 10.6 Å². The number of benzene rings is 1. The SMILES string of the molecule is C[C@@H]1C(=O)NCCN1C(=O)N[C@@H](c1ccc(F)c(Cl)c1)c1ccc(Cl)c(C(F)(F)F)n1. The summed E-state index contributed by atoms with van der Waals surface area (Å²) in [6.07, 6.45) is -4.83. The van der Waals surface area contributed by atoms with E-state index in [4.69, 9.17) is 23.2 Å². The van der Waals surface area contributed by atoms with Gasteiger partial charge >= 0.3 is 12.2 Å². The topological polar surface area (TPSA) is 74.3 Å². The predicted molar refractivity (Wildman–Crippen MR) is 105 cm³/mol. The standard InChI is InChI=1S/C19H16Cl2F4N4O2/c1-9-17(30)26-6-7-29(9)18(31)28-15(10-2-4-13(22)12(21)8-10)14-5-3-11(20)16(27-14)19(23,24)25/h2-5,8-9,15H,6-7H2,1H3,(H,26,30)(H,28,31)/t9-,15+/m1/s1. The van der Waals surface area contributed by atoms with Gasteiger partial charge in [-0.2, -0.15) is 13.2 Å². The zero-order valence-electron chi connectivity index (χ0n) is 15.9. The minimum absolute atomic E-state index is 0.191. The van der Waals surface area contributed by atoms with Crippen LogP contribution in [0, 0.1) is 5.82 Å². The molecule has 1 saturated heterocycles. The van der Waals surface area contributed by atoms with Gasteiger partial charge in [0.05, 0.1) is 21.8 Å². The molecule has 2 aromatic rings. The number of pyridine rings is 1. The number of nitrogens with one attached hydrogen (secondary N) is 2. The molecule has 2 heterocycles. The first-order valence-electron chi connectivity index (χ1n) is 9.02. The van der Waals surface area contributed by atoms with Crippen LogP contribution in [0.4, 0.5) is 22.4 Å². The van der Waals surface area contributed by atoms with E-state index >= 15 is 0 Å². The molecular weight excluding hydrogens is 463 g/mol. The summed E-state index contributed by atoms with van der Waals surface area (Å²) in [5.74, 6) is -1.11. The van der Waals surface area contributed by atoms with Gasteiger partial charge < -0.3 is 15.5 Å². The van der Waals surface area contributed by atoms with E-state index in [9.17, 15) is 27.2 Å². The van der Waals surface area contributed by atoms with Crippen LogP contribution >= 0.6 is 23.2 Å². The van der Waals surface area contributed by atoms with Crippen molar-refractivity contribution in [3.8, 4) is 0 Å². The van der Waals surface area contributed by atoms with Gasteiger partial charge in [-0.15, -0.1) is 0 Å². The van der Waals surface area contributed by atoms with E-state index < -0.39 is 40.8 Å². The van der Waals surface area contributed by atoms with E-state index in [0.29, 0.717) is 0 Å². The molecule has 2 N–H and O–H groups in total. The molecule has 1 aromatic heterocycles. The van der Waals surface area contributed by atoms with Gasteiger partial charge in [-0.05, 0) is 36.8 Å². The van der Waals surface area contributed by atoms with Crippen LogP contribution in [0.25, 0.3) is 0 Å². The Hall–Kier alpha value is -2.59. The quantitative estimate of drug-likeness (QED) is 0.650. The molecule has 0 unspecified atom stereocenters. The van der Waals surface area contributed by atoms with Gasteiger partial charge in [0.1, 0.15) is 11.9 Å². The van der Waals surface area contributed by atoms with Crippen molar-refractivity contribution in [1.82, 2.24) is 20.5 Å². The number of alkyl halides is 3. The Bertz CT molecular complexity index is 1020. The van der Waals surface area contributed by atoms with Gasteiger partial charge in [-0.3, -0.25) is 4.79 Å². The maximum absolute atomic E-state index is 13.6. The Balaban J connectivity index is 2.03. The first-order chi connectivity index (χ1) is 14.5. The highest BCUT2D eigenvalue weighted by molar-refractivity contribution is 6.31. The third kappa shape index (κ3) is 5.01. The van der Waals surface area contributed by atoms with Crippen molar-refractivity contribution < 1.29 is 27.2 Å². The fourth-order valence-electron chi connectivity index (χ4n) is 3.10. The summed E-state index contributed by atoms with van der Waals surface area (Å²) < 4.78 is 53.5. The second-order valence-electron chi connectivity index (χ2n) is 6.78. The molecule has 3 amide bonds. The summed E-state index contributed by atoms with van der Waals surface area (Å²) in [6.45, 7) is 1.93. The van der Waals surface area contributed by atoms with Crippen LogP contribution in [0.3, 0.4) is 0 Å². The summed E-state index contributed by atoms with van der Waals surface area (Å²) in [5.41, 5.74) is -1.33. The van der Waals surface area contributed by atoms with Crippen molar-refractivity contribution >= 4 is 35.1 Å². The van der Waals surface area contributed by atoms with Gasteiger partial charge in [0.25, 0.3) is 0 Å². The van der Waals surface area contributed by atoms with Gasteiger partial charge in [-0.1, -0.05) is 29.3 Å². The zero-order valence-corrected chi connectivity index (χ0v) is 17.4. The fourth-order valence-corrected chi connectivity index (χ4v) is 3.50. The minimum atomic E-state index is -4.83. The van der Waals surface area contributed by atoms with Crippen molar-refractivity contribution in [2.24, 2.45) is 0 Å². The number of hydrogen-bond acceptors (Lipinski definition) is 3. The smallest absolute Gasteiger partial charge is 0.353 e. The summed E-state index contributed by atoms with van der Waals surface area (Å²) in [4.78, 5) is 29.6. The van der Waals surface area contributed by atoms with Crippen molar-refractivity contribution in [2.75, 3.05) is 13.1 Å². The molecule has 2 atom stereocenters. The molecule has 3 rings (SSSR count). The molecule has 6 nitrogen and oxygen atoms in total. The number of aromatic nitrogens is 1. The first-order valence-corrected chi connectivity index (χ1v) is 9.78. The summed E-state index contributed by atoms with van der Waals surface area (Å²) in [7, 11) is 0. The van der Waals surface area contributed by atoms with E-state index in [1.54, 1.807) is 0 Å². The number of rotatable bonds is 3. The molecule has 0 spiro atoms. The number of amides is 3. The zero-order chi connectivity index (χ0) is 22.9. The highest BCUT2D eigenvalue weighted by Crippen LogP contribution is 2.35. The van der Waals surface area contributed by atoms with E-state index in [2.05, 4.69) is 15.6 Å². The Kier molecular flexibility index (Phi) is 6.61. The molecule has 0 aliphatic carbocycles. The third-order valence-corrected chi connectivity index (χ3v) is 5.33. The predicted octanol–water partition coefficient (Wildman–Crippen LogP) is 4.17. The molecule has 0 bridgehead atoms. The minimum Gasteiger partial charge on any atom is -0.353 e. The lowest BCUT2D eigenvalue weighted by Gasteiger charge is -2.34. The first kappa shape index (κ1) is 23.1. The monoisotopic (exact) mass is 478 g/mol. The number of carbonyl (C=O) groups is 2. The largest absolute Gasteiger partial charge is 0.434 e. The van der Waals surface area contributed by atoms with Crippen molar-refractivity contribution in [1.29, 1.82) is 0 Å². The number of piperazine rings is 1. The van der Waals surface area contributed by atoms with Crippen LogP contribution in [-0.4, -0.2) is 41.0 Å². The molecule has 1 aliphatic heterocycles. The Morgan fingerprint density at radius 2 is 1.97 bits per heavy atom. The molecule has 0 saturated carbocycles. The van der Waals surface area contributed by atoms with Crippen molar-refractivity contribution in [2.45, 2.75) is 25.2 Å². The van der Waals surface area contributed by atoms with Crippen LogP contribution in [-0.2, 0) is 11.0 Å². The normalized spacial score (nSPS) is 17.8. The van der Waals surface area contributed by atoms with E-state index in [-0.39, 0.29) is 35.3 Å². The molecule has 1 fully saturated rings. The lowest BCUT2D eigenvalue weighted by atomic mass is 10.0. The summed E-state index contributed by atoms with van der Waals surface area (Å²) in [5, 5.41) is 4.28. The third-order valence-electron chi connectivity index (χ3n) is 4.74. The second kappa shape index (κ2) is 8.88. The molecule has 1 aromatic carbocycles. The lowest BCUT2D eigenvalue weighted by Crippen LogP contribution is -2.58. The number of hydrogen-bond donors (Lipinski definition) is 2. The average Bonchev–Trinajstić information content (AvgIpc) is 2.70.